The van der Waals surface area contributed by atoms with Gasteiger partial charge < -0.3 is 30.6 Å². The fourth-order valence-electron chi connectivity index (χ4n) is 5.53. The van der Waals surface area contributed by atoms with Crippen molar-refractivity contribution in [3.05, 3.63) is 40.4 Å². The van der Waals surface area contributed by atoms with Crippen molar-refractivity contribution in [1.82, 2.24) is 24.6 Å². The van der Waals surface area contributed by atoms with Gasteiger partial charge in [-0.2, -0.15) is 0 Å². The zero-order valence-electron chi connectivity index (χ0n) is 28.6. The van der Waals surface area contributed by atoms with Crippen molar-refractivity contribution in [2.45, 2.75) is 97.6 Å². The summed E-state index contributed by atoms with van der Waals surface area (Å²) in [4.78, 5) is 73.2. The Hall–Kier alpha value is -4.40. The van der Waals surface area contributed by atoms with Gasteiger partial charge in [0.1, 0.15) is 10.9 Å². The summed E-state index contributed by atoms with van der Waals surface area (Å²) in [5, 5.41) is 26.3. The summed E-state index contributed by atoms with van der Waals surface area (Å²) in [5.41, 5.74) is 0.0380. The van der Waals surface area contributed by atoms with Crippen molar-refractivity contribution in [3.8, 4) is 0 Å². The normalized spacial score (nSPS) is 14.9. The summed E-state index contributed by atoms with van der Waals surface area (Å²) in [6.07, 6.45) is -1.64. The number of hydrogen-bond acceptors (Lipinski definition) is 8. The van der Waals surface area contributed by atoms with Gasteiger partial charge in [0.15, 0.2) is 11.4 Å². The highest BCUT2D eigenvalue weighted by Crippen LogP contribution is 2.31. The Labute approximate surface area is 279 Å². The molecule has 1 aromatic carbocycles. The minimum absolute atomic E-state index is 0.136. The van der Waals surface area contributed by atoms with Crippen LogP contribution in [0.5, 0.6) is 0 Å². The van der Waals surface area contributed by atoms with E-state index >= 15 is 0 Å². The van der Waals surface area contributed by atoms with Crippen molar-refractivity contribution in [2.24, 2.45) is 0 Å². The van der Waals surface area contributed by atoms with Gasteiger partial charge in [0, 0.05) is 44.3 Å². The number of hydrogen-bond donors (Lipinski definition) is 4. The lowest BCUT2D eigenvalue weighted by Crippen LogP contribution is -2.66. The molecular weight excluding hydrogens is 626 g/mol. The summed E-state index contributed by atoms with van der Waals surface area (Å²) < 4.78 is 0. The van der Waals surface area contributed by atoms with Crippen LogP contribution in [0.25, 0.3) is 0 Å². The molecule has 14 nitrogen and oxygen atoms in total. The molecule has 1 saturated heterocycles. The van der Waals surface area contributed by atoms with Crippen molar-refractivity contribution < 1.29 is 34.2 Å². The second-order valence-corrected chi connectivity index (χ2v) is 14.7. The third-order valence-electron chi connectivity index (χ3n) is 7.66. The maximum Gasteiger partial charge on any atom is 0.410 e. The van der Waals surface area contributed by atoms with E-state index in [4.69, 9.17) is 0 Å². The average Bonchev–Trinajstić information content (AvgIpc) is 3.57. The van der Waals surface area contributed by atoms with Crippen LogP contribution in [0.2, 0.25) is 0 Å². The van der Waals surface area contributed by atoms with Crippen molar-refractivity contribution in [1.29, 1.82) is 0 Å². The van der Waals surface area contributed by atoms with Crippen LogP contribution in [0.1, 0.15) is 82.2 Å². The highest BCUT2D eigenvalue weighted by molar-refractivity contribution is 7.17. The molecule has 1 aromatic heterocycles. The van der Waals surface area contributed by atoms with Crippen LogP contribution in [-0.2, 0) is 22.4 Å². The number of likely N-dealkylation sites (tertiary alicyclic amines) is 1. The van der Waals surface area contributed by atoms with Gasteiger partial charge in [0.2, 0.25) is 11.8 Å². The molecule has 1 atom stereocenters. The predicted molar refractivity (Wildman–Crippen MR) is 180 cm³/mol. The quantitative estimate of drug-likeness (QED) is 0.257. The number of carbonyl (C=O) groups excluding carboxylic acids is 3. The van der Waals surface area contributed by atoms with E-state index in [1.807, 2.05) is 12.1 Å². The van der Waals surface area contributed by atoms with Crippen LogP contribution in [0.15, 0.2) is 24.3 Å². The van der Waals surface area contributed by atoms with E-state index < -0.39 is 35.6 Å². The maximum absolute atomic E-state index is 13.7. The molecule has 0 unspecified atom stereocenters. The first-order valence-corrected chi connectivity index (χ1v) is 16.2. The summed E-state index contributed by atoms with van der Waals surface area (Å²) in [5.74, 6) is -0.739. The van der Waals surface area contributed by atoms with Gasteiger partial charge in [-0.15, -0.1) is 0 Å². The van der Waals surface area contributed by atoms with Gasteiger partial charge in [-0.25, -0.2) is 14.6 Å². The van der Waals surface area contributed by atoms with Crippen LogP contribution in [-0.4, -0.2) is 109 Å². The zero-order valence-corrected chi connectivity index (χ0v) is 29.4. The van der Waals surface area contributed by atoms with Crippen molar-refractivity contribution in [2.75, 3.05) is 31.3 Å². The largest absolute Gasteiger partial charge is 0.465 e. The molecule has 15 heteroatoms. The van der Waals surface area contributed by atoms with E-state index in [-0.39, 0.29) is 17.7 Å². The molecule has 258 valence electrons. The molecule has 1 fully saturated rings. The molecule has 3 rings (SSSR count). The van der Waals surface area contributed by atoms with Gasteiger partial charge in [-0.1, -0.05) is 23.5 Å². The van der Waals surface area contributed by atoms with Gasteiger partial charge in [0.25, 0.3) is 5.91 Å². The standard InChI is InChI=1S/C32H47N7O7S/c1-19(40)33-27-35-22(24(47-27)26(42)37-18-10-11-23(37)25(41)36(8)9)17-14-20-12-15-21(16-13-20)34-28(38(29(43)44)31(2,3)4)39(30(45)46)32(5,6)7/h12-13,15-16,23,28,34H,10-11,14,17-18H2,1-9H3,(H,43,44)(H,45,46)(H,33,35,40)/t23-/m1/s1. The van der Waals surface area contributed by atoms with Gasteiger partial charge in [0.05, 0.1) is 5.69 Å². The van der Waals surface area contributed by atoms with E-state index in [9.17, 15) is 34.2 Å². The molecule has 0 spiro atoms. The minimum atomic E-state index is -1.28. The molecule has 0 saturated carbocycles. The SMILES string of the molecule is CC(=O)Nc1nc(CCc2ccc(NC(N(C(=O)O)C(C)(C)C)N(C(=O)O)C(C)(C)C)cc2)c(C(=O)N2CCC[C@@H]2C(=O)N(C)C)s1. The minimum Gasteiger partial charge on any atom is -0.465 e. The number of carboxylic acid groups (broad SMARTS) is 2. The number of anilines is 2. The average molecular weight is 674 g/mol. The first-order chi connectivity index (χ1) is 21.7. The van der Waals surface area contributed by atoms with Crippen LogP contribution in [0.3, 0.4) is 0 Å². The fourth-order valence-corrected chi connectivity index (χ4v) is 6.54. The number of amides is 5. The Balaban J connectivity index is 1.87. The Kier molecular flexibility index (Phi) is 11.5. The highest BCUT2D eigenvalue weighted by Gasteiger charge is 2.43. The van der Waals surface area contributed by atoms with E-state index in [0.717, 1.165) is 26.7 Å². The van der Waals surface area contributed by atoms with Crippen LogP contribution < -0.4 is 10.6 Å². The van der Waals surface area contributed by atoms with Crippen LogP contribution >= 0.6 is 11.3 Å². The predicted octanol–water partition coefficient (Wildman–Crippen LogP) is 4.83. The molecule has 47 heavy (non-hydrogen) atoms. The Morgan fingerprint density at radius 3 is 1.98 bits per heavy atom. The smallest absolute Gasteiger partial charge is 0.410 e. The molecule has 1 aliphatic heterocycles. The molecule has 4 N–H and O–H groups in total. The molecule has 5 amide bonds. The van der Waals surface area contributed by atoms with E-state index in [2.05, 4.69) is 15.6 Å². The molecule has 0 bridgehead atoms. The zero-order chi connectivity index (χ0) is 35.4. The number of benzene rings is 1. The topological polar surface area (TPSA) is 176 Å². The molecule has 2 aromatic rings. The molecule has 2 heterocycles. The lowest BCUT2D eigenvalue weighted by Gasteiger charge is -2.48. The fraction of sp³-hybridized carbons (Fsp3) is 0.562. The first-order valence-electron chi connectivity index (χ1n) is 15.4. The van der Waals surface area contributed by atoms with E-state index in [1.54, 1.807) is 72.7 Å². The maximum atomic E-state index is 13.7. The number of aromatic nitrogens is 1. The molecule has 0 radical (unpaired) electrons. The van der Waals surface area contributed by atoms with E-state index in [1.165, 1.54) is 11.8 Å². The number of aryl methyl sites for hydroxylation is 2. The van der Waals surface area contributed by atoms with Gasteiger partial charge in [-0.3, -0.25) is 24.2 Å². The summed E-state index contributed by atoms with van der Waals surface area (Å²) in [6.45, 7) is 12.0. The lowest BCUT2D eigenvalue weighted by molar-refractivity contribution is -0.132. The number of thiazole rings is 1. The molecular formula is C32H47N7O7S. The molecule has 1 aliphatic rings. The van der Waals surface area contributed by atoms with Gasteiger partial charge >= 0.3 is 12.2 Å². The third kappa shape index (κ3) is 9.11. The third-order valence-corrected chi connectivity index (χ3v) is 8.66. The molecule has 0 aliphatic carbocycles. The second-order valence-electron chi connectivity index (χ2n) is 13.7. The Bertz CT molecular complexity index is 1450. The lowest BCUT2D eigenvalue weighted by atomic mass is 10.0. The highest BCUT2D eigenvalue weighted by atomic mass is 32.1. The first kappa shape index (κ1) is 37.1. The second kappa shape index (κ2) is 14.6. The number of carbonyl (C=O) groups is 5. The number of nitrogens with zero attached hydrogens (tertiary/aromatic N) is 5. The van der Waals surface area contributed by atoms with Crippen molar-refractivity contribution in [3.63, 3.8) is 0 Å². The summed E-state index contributed by atoms with van der Waals surface area (Å²) in [6, 6.07) is 6.60. The van der Waals surface area contributed by atoms with E-state index in [0.29, 0.717) is 53.6 Å². The number of nitrogens with one attached hydrogen (secondary N) is 2. The van der Waals surface area contributed by atoms with Crippen LogP contribution in [0.4, 0.5) is 20.4 Å². The monoisotopic (exact) mass is 673 g/mol. The Morgan fingerprint density at radius 1 is 0.957 bits per heavy atom. The van der Waals surface area contributed by atoms with Crippen molar-refractivity contribution >= 4 is 52.1 Å². The van der Waals surface area contributed by atoms with Gasteiger partial charge in [-0.05, 0) is 84.9 Å². The number of likely N-dealkylation sites (N-methyl/N-ethyl adjacent to an activating group) is 1. The summed E-state index contributed by atoms with van der Waals surface area (Å²) in [7, 11) is 3.33. The Morgan fingerprint density at radius 2 is 1.51 bits per heavy atom. The summed E-state index contributed by atoms with van der Waals surface area (Å²) >= 11 is 1.09. The van der Waals surface area contributed by atoms with Crippen LogP contribution in [0, 0.1) is 0 Å². The number of rotatable bonds is 10.